The van der Waals surface area contributed by atoms with Crippen LogP contribution in [-0.4, -0.2) is 47.4 Å². The standard InChI is InChI=1S/C20H17F3N4O2/c1-9(19-14(22)4-10(6-24)7-25-19)26-16(28)8-27-15-5-12(20(27)29)11-2-3-13(21)18(23)17(11)15/h2-3,7,9-10,12,14-15H,4-5,8H2,1H3/p+1/t9-,10?,12-,14?,15+/m1/s1. The van der Waals surface area contributed by atoms with Crippen molar-refractivity contribution in [2.75, 3.05) is 6.54 Å². The van der Waals surface area contributed by atoms with Gasteiger partial charge in [0, 0.05) is 12.0 Å². The number of rotatable bonds is 4. The minimum Gasteiger partial charge on any atom is -0.341 e. The molecule has 0 saturated carbocycles. The maximum atomic E-state index is 14.3. The van der Waals surface area contributed by atoms with Crippen molar-refractivity contribution in [1.82, 2.24) is 14.9 Å². The van der Waals surface area contributed by atoms with E-state index in [2.05, 4.69) is 9.98 Å². The monoisotopic (exact) mass is 403 g/mol. The smallest absolute Gasteiger partial charge is 0.335 e. The average molecular weight is 403 g/mol. The first-order valence-corrected chi connectivity index (χ1v) is 9.34. The number of carbonyl (C=O) groups is 2. The van der Waals surface area contributed by atoms with Gasteiger partial charge in [-0.1, -0.05) is 6.07 Å². The van der Waals surface area contributed by atoms with Crippen LogP contribution in [0.2, 0.25) is 0 Å². The van der Waals surface area contributed by atoms with Gasteiger partial charge in [0.25, 0.3) is 6.21 Å². The van der Waals surface area contributed by atoms with Crippen molar-refractivity contribution < 1.29 is 22.8 Å². The molecule has 2 heterocycles. The van der Waals surface area contributed by atoms with Crippen molar-refractivity contribution in [2.24, 2.45) is 5.92 Å². The fourth-order valence-corrected chi connectivity index (χ4v) is 4.40. The molecule has 1 aromatic rings. The molecule has 5 atom stereocenters. The third kappa shape index (κ3) is 3.10. The molecule has 1 aliphatic carbocycles. The maximum absolute atomic E-state index is 14.3. The number of carbonyl (C=O) groups excluding carboxylic acids is 2. The Bertz CT molecular complexity index is 1010. The zero-order valence-corrected chi connectivity index (χ0v) is 15.5. The van der Waals surface area contributed by atoms with E-state index in [0.717, 1.165) is 6.07 Å². The predicted octanol–water partition coefficient (Wildman–Crippen LogP) is 1.30. The van der Waals surface area contributed by atoms with Gasteiger partial charge in [0.05, 0.1) is 18.0 Å². The summed E-state index contributed by atoms with van der Waals surface area (Å²) in [4.78, 5) is 26.3. The van der Waals surface area contributed by atoms with Crippen LogP contribution in [0.3, 0.4) is 0 Å². The lowest BCUT2D eigenvalue weighted by atomic mass is 9.96. The molecule has 0 radical (unpaired) electrons. The molecular formula is C20H18F3N4O2+. The second-order valence-corrected chi connectivity index (χ2v) is 7.57. The molecule has 6 nitrogen and oxygen atoms in total. The molecule has 3 aliphatic rings. The lowest BCUT2D eigenvalue weighted by molar-refractivity contribution is -0.136. The zero-order chi connectivity index (χ0) is 20.9. The first-order valence-electron chi connectivity index (χ1n) is 9.34. The normalized spacial score (nSPS) is 28.0. The molecule has 1 N–H and O–H groups in total. The second kappa shape index (κ2) is 7.05. The van der Waals surface area contributed by atoms with Crippen LogP contribution in [0, 0.1) is 28.9 Å². The lowest BCUT2D eigenvalue weighted by Crippen LogP contribution is -2.49. The number of amides is 2. The SMILES string of the molecule is C[C@@H](NC(=O)CN1C(=O)[C@@H]2C[C@H]1c1c2ccc(F)c1F)C1=[N+]=CC(C#N)CC1F. The predicted molar refractivity (Wildman–Crippen MR) is 97.6 cm³/mol. The summed E-state index contributed by atoms with van der Waals surface area (Å²) in [6, 6.07) is 2.93. The van der Waals surface area contributed by atoms with Crippen molar-refractivity contribution in [3.8, 4) is 6.07 Å². The van der Waals surface area contributed by atoms with Crippen LogP contribution in [-0.2, 0) is 9.59 Å². The molecule has 29 heavy (non-hydrogen) atoms. The van der Waals surface area contributed by atoms with Crippen molar-refractivity contribution in [1.29, 1.82) is 5.26 Å². The number of halogens is 3. The van der Waals surface area contributed by atoms with Crippen LogP contribution in [0.5, 0.6) is 0 Å². The van der Waals surface area contributed by atoms with Gasteiger partial charge in [-0.25, -0.2) is 13.2 Å². The summed E-state index contributed by atoms with van der Waals surface area (Å²) < 4.78 is 46.1. The summed E-state index contributed by atoms with van der Waals surface area (Å²) in [5.74, 6) is -4.01. The number of benzene rings is 1. The van der Waals surface area contributed by atoms with Crippen molar-refractivity contribution in [3.05, 3.63) is 34.9 Å². The Morgan fingerprint density at radius 1 is 1.41 bits per heavy atom. The number of hydrogen-bond acceptors (Lipinski definition) is 3. The molecule has 0 aromatic heterocycles. The van der Waals surface area contributed by atoms with Gasteiger partial charge in [0.2, 0.25) is 18.0 Å². The highest BCUT2D eigenvalue weighted by molar-refractivity contribution is 5.99. The second-order valence-electron chi connectivity index (χ2n) is 7.57. The molecule has 2 bridgehead atoms. The van der Waals surface area contributed by atoms with Crippen LogP contribution in [0.15, 0.2) is 12.1 Å². The minimum atomic E-state index is -1.45. The van der Waals surface area contributed by atoms with E-state index in [1.54, 1.807) is 6.92 Å². The summed E-state index contributed by atoms with van der Waals surface area (Å²) in [5.41, 5.74) is 0.717. The maximum Gasteiger partial charge on any atom is 0.335 e. The van der Waals surface area contributed by atoms with Crippen LogP contribution in [0.25, 0.3) is 0 Å². The van der Waals surface area contributed by atoms with E-state index in [1.807, 2.05) is 6.07 Å². The number of nitrogens with zero attached hydrogens (tertiary/aromatic N) is 3. The largest absolute Gasteiger partial charge is 0.341 e. The van der Waals surface area contributed by atoms with E-state index in [-0.39, 0.29) is 30.1 Å². The highest BCUT2D eigenvalue weighted by Gasteiger charge is 2.51. The molecule has 9 heteroatoms. The molecular weight excluding hydrogens is 385 g/mol. The third-order valence-electron chi connectivity index (χ3n) is 5.78. The summed E-state index contributed by atoms with van der Waals surface area (Å²) in [7, 11) is 0. The molecule has 2 amide bonds. The van der Waals surface area contributed by atoms with Gasteiger partial charge in [-0.15, -0.1) is 4.67 Å². The number of likely N-dealkylation sites (tertiary alicyclic amines) is 1. The van der Waals surface area contributed by atoms with Crippen molar-refractivity contribution in [2.45, 2.75) is 43.9 Å². The van der Waals surface area contributed by atoms with Gasteiger partial charge >= 0.3 is 5.71 Å². The van der Waals surface area contributed by atoms with Gasteiger partial charge in [-0.3, -0.25) is 9.59 Å². The summed E-state index contributed by atoms with van der Waals surface area (Å²) in [5, 5.41) is 11.4. The van der Waals surface area contributed by atoms with Gasteiger partial charge in [0.15, 0.2) is 11.6 Å². The molecule has 2 unspecified atom stereocenters. The van der Waals surface area contributed by atoms with E-state index < -0.39 is 47.6 Å². The van der Waals surface area contributed by atoms with E-state index in [4.69, 9.17) is 5.26 Å². The molecule has 4 rings (SSSR count). The number of nitrogens with one attached hydrogen (secondary N) is 1. The average Bonchev–Trinajstić information content (AvgIpc) is 3.21. The van der Waals surface area contributed by atoms with Gasteiger partial charge in [0.1, 0.15) is 18.5 Å². The quantitative estimate of drug-likeness (QED) is 0.769. The Kier molecular flexibility index (Phi) is 4.67. The first kappa shape index (κ1) is 19.2. The number of fused-ring (bicyclic) bond motifs is 5. The molecule has 1 saturated heterocycles. The number of hydrogen-bond donors (Lipinski definition) is 1. The lowest BCUT2D eigenvalue weighted by Gasteiger charge is -2.29. The van der Waals surface area contributed by atoms with Crippen LogP contribution >= 0.6 is 0 Å². The van der Waals surface area contributed by atoms with Crippen LogP contribution < -0.4 is 9.98 Å². The third-order valence-corrected chi connectivity index (χ3v) is 5.78. The summed E-state index contributed by atoms with van der Waals surface area (Å²) in [6.45, 7) is 1.22. The van der Waals surface area contributed by atoms with Gasteiger partial charge in [-0.2, -0.15) is 5.26 Å². The van der Waals surface area contributed by atoms with E-state index in [1.165, 1.54) is 17.2 Å². The Morgan fingerprint density at radius 2 is 2.17 bits per heavy atom. The highest BCUT2D eigenvalue weighted by Crippen LogP contribution is 2.51. The van der Waals surface area contributed by atoms with E-state index in [0.29, 0.717) is 12.0 Å². The van der Waals surface area contributed by atoms with E-state index in [9.17, 15) is 22.8 Å². The van der Waals surface area contributed by atoms with Crippen LogP contribution in [0.4, 0.5) is 13.2 Å². The number of nitriles is 1. The molecule has 1 aromatic carbocycles. The Hall–Kier alpha value is -3.11. The molecule has 2 aliphatic heterocycles. The molecule has 1 fully saturated rings. The molecule has 0 spiro atoms. The Morgan fingerprint density at radius 3 is 2.86 bits per heavy atom. The fraction of sp³-hybridized carbons (Fsp3) is 0.450. The summed E-state index contributed by atoms with van der Waals surface area (Å²) in [6.07, 6.45) is 0.186. The first-order chi connectivity index (χ1) is 13.8. The highest BCUT2D eigenvalue weighted by atomic mass is 19.2. The zero-order valence-electron chi connectivity index (χ0n) is 15.5. The van der Waals surface area contributed by atoms with Crippen molar-refractivity contribution >= 4 is 23.7 Å². The summed E-state index contributed by atoms with van der Waals surface area (Å²) >= 11 is 0. The van der Waals surface area contributed by atoms with Gasteiger partial charge < -0.3 is 10.2 Å². The topological polar surface area (TPSA) is 87.3 Å². The minimum absolute atomic E-state index is 0.0223. The van der Waals surface area contributed by atoms with Crippen LogP contribution in [0.1, 0.15) is 42.9 Å². The van der Waals surface area contributed by atoms with Crippen molar-refractivity contribution in [3.63, 3.8) is 0 Å². The number of alkyl halides is 1. The fourth-order valence-electron chi connectivity index (χ4n) is 4.40. The Labute approximate surface area is 164 Å². The van der Waals surface area contributed by atoms with E-state index >= 15 is 0 Å². The van der Waals surface area contributed by atoms with Gasteiger partial charge in [-0.05, 0) is 25.0 Å². The Balaban J connectivity index is 1.47. The molecule has 150 valence electrons.